The zero-order chi connectivity index (χ0) is 17.9. The van der Waals surface area contributed by atoms with Gasteiger partial charge in [-0.25, -0.2) is 4.98 Å². The Morgan fingerprint density at radius 1 is 1.31 bits per heavy atom. The van der Waals surface area contributed by atoms with Crippen LogP contribution in [0.15, 0.2) is 42.7 Å². The van der Waals surface area contributed by atoms with Gasteiger partial charge in [0.15, 0.2) is 0 Å². The molecule has 2 fully saturated rings. The van der Waals surface area contributed by atoms with Gasteiger partial charge in [-0.15, -0.1) is 0 Å². The van der Waals surface area contributed by atoms with Crippen molar-refractivity contribution >= 4 is 5.91 Å². The third-order valence-electron chi connectivity index (χ3n) is 5.89. The molecule has 26 heavy (non-hydrogen) atoms. The maximum absolute atomic E-state index is 13.0. The van der Waals surface area contributed by atoms with E-state index < -0.39 is 0 Å². The van der Waals surface area contributed by atoms with E-state index in [-0.39, 0.29) is 11.8 Å². The van der Waals surface area contributed by atoms with Crippen molar-refractivity contribution in [1.29, 1.82) is 0 Å². The van der Waals surface area contributed by atoms with Gasteiger partial charge in [-0.05, 0) is 37.8 Å². The Morgan fingerprint density at radius 2 is 2.15 bits per heavy atom. The molecule has 0 aliphatic carbocycles. The molecule has 0 radical (unpaired) electrons. The topological polar surface area (TPSA) is 50.2 Å². The van der Waals surface area contributed by atoms with Gasteiger partial charge < -0.3 is 9.88 Å². The maximum atomic E-state index is 13.0. The van der Waals surface area contributed by atoms with Crippen LogP contribution in [-0.2, 0) is 17.9 Å². The fraction of sp³-hybridized carbons (Fsp3) is 0.524. The molecule has 2 aliphatic rings. The molecule has 1 aromatic heterocycles. The van der Waals surface area contributed by atoms with Gasteiger partial charge in [0, 0.05) is 31.0 Å². The Balaban J connectivity index is 1.43. The smallest absolute Gasteiger partial charge is 0.225 e. The van der Waals surface area contributed by atoms with Crippen molar-refractivity contribution in [2.24, 2.45) is 5.92 Å². The Bertz CT molecular complexity index is 741. The van der Waals surface area contributed by atoms with Crippen molar-refractivity contribution in [1.82, 2.24) is 19.8 Å². The number of fused-ring (bicyclic) bond motifs is 1. The third kappa shape index (κ3) is 3.28. The van der Waals surface area contributed by atoms with Crippen LogP contribution in [0.25, 0.3) is 0 Å². The number of hydrogen-bond acceptors (Lipinski definition) is 3. The number of benzene rings is 1. The van der Waals surface area contributed by atoms with E-state index in [4.69, 9.17) is 0 Å². The fourth-order valence-electron chi connectivity index (χ4n) is 4.70. The molecule has 5 heteroatoms. The molecule has 2 saturated heterocycles. The summed E-state index contributed by atoms with van der Waals surface area (Å²) in [6, 6.07) is 11.4. The number of nitrogens with zero attached hydrogens (tertiary/aromatic N) is 3. The van der Waals surface area contributed by atoms with E-state index in [0.717, 1.165) is 38.2 Å². The van der Waals surface area contributed by atoms with Crippen molar-refractivity contribution in [3.8, 4) is 0 Å². The van der Waals surface area contributed by atoms with Crippen molar-refractivity contribution in [2.75, 3.05) is 6.54 Å². The summed E-state index contributed by atoms with van der Waals surface area (Å²) in [5.41, 5.74) is 1.34. The number of amides is 1. The molecule has 1 N–H and O–H groups in total. The normalized spacial score (nSPS) is 25.3. The lowest BCUT2D eigenvalue weighted by atomic mass is 9.93. The highest BCUT2D eigenvalue weighted by Gasteiger charge is 2.46. The summed E-state index contributed by atoms with van der Waals surface area (Å²) in [4.78, 5) is 19.9. The summed E-state index contributed by atoms with van der Waals surface area (Å²) < 4.78 is 2.13. The summed E-state index contributed by atoms with van der Waals surface area (Å²) in [5, 5.41) is 3.16. The van der Waals surface area contributed by atoms with Crippen LogP contribution in [0.5, 0.6) is 0 Å². The maximum Gasteiger partial charge on any atom is 0.225 e. The molecule has 1 amide bonds. The number of carbonyl (C=O) groups is 1. The van der Waals surface area contributed by atoms with E-state index in [2.05, 4.69) is 57.0 Å². The monoisotopic (exact) mass is 352 g/mol. The summed E-state index contributed by atoms with van der Waals surface area (Å²) >= 11 is 0. The van der Waals surface area contributed by atoms with Gasteiger partial charge in [0.2, 0.25) is 5.91 Å². The fourth-order valence-corrected chi connectivity index (χ4v) is 4.70. The summed E-state index contributed by atoms with van der Waals surface area (Å²) in [7, 11) is 0. The van der Waals surface area contributed by atoms with Crippen LogP contribution in [0.3, 0.4) is 0 Å². The minimum atomic E-state index is 0.0808. The zero-order valence-electron chi connectivity index (χ0n) is 15.5. The number of aromatic nitrogens is 2. The number of rotatable bonds is 6. The highest BCUT2D eigenvalue weighted by atomic mass is 16.2. The van der Waals surface area contributed by atoms with Crippen LogP contribution in [0, 0.1) is 5.92 Å². The number of carbonyl (C=O) groups excluding carboxylic acids is 1. The SMILES string of the molecule is CCCn1ccnc1CNC(=O)[C@H]1C[C@@H](c2ccccc2)N2CCC[C@H]12. The molecule has 5 nitrogen and oxygen atoms in total. The molecule has 3 atom stereocenters. The van der Waals surface area contributed by atoms with Gasteiger partial charge >= 0.3 is 0 Å². The average molecular weight is 352 g/mol. The largest absolute Gasteiger partial charge is 0.349 e. The van der Waals surface area contributed by atoms with Gasteiger partial charge in [-0.3, -0.25) is 9.69 Å². The first-order valence-electron chi connectivity index (χ1n) is 9.86. The standard InChI is InChI=1S/C21H28N4O/c1-2-11-24-13-10-22-20(24)15-23-21(26)17-14-19(16-7-4-3-5-8-16)25-12-6-9-18(17)25/h3-5,7-8,10,13,17-19H,2,6,9,11-12,14-15H2,1H3,(H,23,26)/t17-,18+,19-/m0/s1. The van der Waals surface area contributed by atoms with Crippen LogP contribution >= 0.6 is 0 Å². The minimum Gasteiger partial charge on any atom is -0.349 e. The molecule has 0 bridgehead atoms. The first kappa shape index (κ1) is 17.3. The minimum absolute atomic E-state index is 0.0808. The second-order valence-electron chi connectivity index (χ2n) is 7.47. The van der Waals surface area contributed by atoms with Gasteiger partial charge in [0.1, 0.15) is 5.82 Å². The van der Waals surface area contributed by atoms with Gasteiger partial charge in [-0.2, -0.15) is 0 Å². The van der Waals surface area contributed by atoms with Gasteiger partial charge in [0.25, 0.3) is 0 Å². The predicted molar refractivity (Wildman–Crippen MR) is 101 cm³/mol. The van der Waals surface area contributed by atoms with Crippen LogP contribution in [0.1, 0.15) is 50.0 Å². The Kier molecular flexibility index (Phi) is 5.07. The predicted octanol–water partition coefficient (Wildman–Crippen LogP) is 3.13. The van der Waals surface area contributed by atoms with E-state index in [1.54, 1.807) is 0 Å². The van der Waals surface area contributed by atoms with Crippen LogP contribution in [-0.4, -0.2) is 32.9 Å². The van der Waals surface area contributed by atoms with E-state index >= 15 is 0 Å². The van der Waals surface area contributed by atoms with Crippen LogP contribution in [0.4, 0.5) is 0 Å². The summed E-state index contributed by atoms with van der Waals surface area (Å²) in [5.74, 6) is 1.21. The lowest BCUT2D eigenvalue weighted by Crippen LogP contribution is -2.37. The van der Waals surface area contributed by atoms with Crippen molar-refractivity contribution in [2.45, 2.75) is 57.8 Å². The van der Waals surface area contributed by atoms with Crippen molar-refractivity contribution in [3.63, 3.8) is 0 Å². The van der Waals surface area contributed by atoms with Gasteiger partial charge in [0.05, 0.1) is 12.5 Å². The molecule has 1 aromatic carbocycles. The first-order chi connectivity index (χ1) is 12.8. The molecule has 3 heterocycles. The van der Waals surface area contributed by atoms with E-state index in [1.165, 1.54) is 12.0 Å². The molecular weight excluding hydrogens is 324 g/mol. The zero-order valence-corrected chi connectivity index (χ0v) is 15.5. The van der Waals surface area contributed by atoms with Crippen LogP contribution in [0.2, 0.25) is 0 Å². The lowest BCUT2D eigenvalue weighted by molar-refractivity contribution is -0.125. The summed E-state index contributed by atoms with van der Waals surface area (Å²) in [6.45, 7) is 4.72. The highest BCUT2D eigenvalue weighted by molar-refractivity contribution is 5.80. The Hall–Kier alpha value is -2.14. The van der Waals surface area contributed by atoms with Crippen molar-refractivity contribution in [3.05, 3.63) is 54.1 Å². The van der Waals surface area contributed by atoms with Crippen molar-refractivity contribution < 1.29 is 4.79 Å². The third-order valence-corrected chi connectivity index (χ3v) is 5.89. The summed E-state index contributed by atoms with van der Waals surface area (Å²) in [6.07, 6.45) is 8.12. The molecular formula is C21H28N4O. The van der Waals surface area contributed by atoms with Gasteiger partial charge in [-0.1, -0.05) is 37.3 Å². The Morgan fingerprint density at radius 3 is 2.96 bits per heavy atom. The quantitative estimate of drug-likeness (QED) is 0.869. The second kappa shape index (κ2) is 7.62. The molecule has 138 valence electrons. The highest BCUT2D eigenvalue weighted by Crippen LogP contribution is 2.44. The molecule has 4 rings (SSSR count). The molecule has 0 saturated carbocycles. The average Bonchev–Trinajstić information content (AvgIpc) is 3.37. The number of aryl methyl sites for hydroxylation is 1. The second-order valence-corrected chi connectivity index (χ2v) is 7.47. The number of imidazole rings is 1. The van der Waals surface area contributed by atoms with E-state index in [1.807, 2.05) is 12.4 Å². The van der Waals surface area contributed by atoms with E-state index in [9.17, 15) is 4.79 Å². The lowest BCUT2D eigenvalue weighted by Gasteiger charge is -2.24. The molecule has 2 aromatic rings. The number of hydrogen-bond donors (Lipinski definition) is 1. The Labute approximate surface area is 155 Å². The molecule has 0 unspecified atom stereocenters. The van der Waals surface area contributed by atoms with E-state index in [0.29, 0.717) is 18.6 Å². The van der Waals surface area contributed by atoms with Crippen LogP contribution < -0.4 is 5.32 Å². The first-order valence-corrected chi connectivity index (χ1v) is 9.86. The molecule has 0 spiro atoms. The molecule has 2 aliphatic heterocycles. The number of nitrogens with one attached hydrogen (secondary N) is 1.